The summed E-state index contributed by atoms with van der Waals surface area (Å²) in [6, 6.07) is 10.6. The molecule has 0 bridgehead atoms. The minimum Gasteiger partial charge on any atom is -0.473 e. The monoisotopic (exact) mass is 366 g/mol. The second kappa shape index (κ2) is 6.77. The molecule has 0 radical (unpaired) electrons. The first kappa shape index (κ1) is 14.8. The van der Waals surface area contributed by atoms with Gasteiger partial charge < -0.3 is 10.1 Å². The summed E-state index contributed by atoms with van der Waals surface area (Å²) in [6.45, 7) is 1.25. The molecule has 5 heteroatoms. The minimum absolute atomic E-state index is 0.490. The third-order valence-electron chi connectivity index (χ3n) is 3.34. The van der Waals surface area contributed by atoms with Crippen LogP contribution in [-0.2, 0) is 13.2 Å². The number of nitrogens with zero attached hydrogens (tertiary/aromatic N) is 1. The van der Waals surface area contributed by atoms with E-state index in [4.69, 9.17) is 16.3 Å². The molecule has 110 valence electrons. The van der Waals surface area contributed by atoms with Gasteiger partial charge in [0.1, 0.15) is 6.61 Å². The van der Waals surface area contributed by atoms with Gasteiger partial charge in [0.2, 0.25) is 5.88 Å². The highest BCUT2D eigenvalue weighted by atomic mass is 79.9. The first-order chi connectivity index (χ1) is 10.2. The molecule has 1 N–H and O–H groups in total. The van der Waals surface area contributed by atoms with E-state index in [0.717, 1.165) is 22.1 Å². The van der Waals surface area contributed by atoms with Crippen LogP contribution in [0.15, 0.2) is 41.0 Å². The predicted octanol–water partition coefficient (Wildman–Crippen LogP) is 4.33. The maximum Gasteiger partial charge on any atom is 0.213 e. The van der Waals surface area contributed by atoms with Gasteiger partial charge in [-0.2, -0.15) is 0 Å². The molecule has 0 unspecified atom stereocenters. The van der Waals surface area contributed by atoms with E-state index in [1.54, 1.807) is 6.20 Å². The highest BCUT2D eigenvalue weighted by Gasteiger charge is 2.20. The summed E-state index contributed by atoms with van der Waals surface area (Å²) >= 11 is 9.63. The Morgan fingerprint density at radius 1 is 1.33 bits per heavy atom. The van der Waals surface area contributed by atoms with Gasteiger partial charge in [0, 0.05) is 29.3 Å². The van der Waals surface area contributed by atoms with Crippen LogP contribution in [0.3, 0.4) is 0 Å². The van der Waals surface area contributed by atoms with Crippen molar-refractivity contribution in [2.24, 2.45) is 0 Å². The van der Waals surface area contributed by atoms with Gasteiger partial charge in [-0.25, -0.2) is 4.98 Å². The van der Waals surface area contributed by atoms with E-state index < -0.39 is 0 Å². The maximum absolute atomic E-state index is 6.17. The van der Waals surface area contributed by atoms with E-state index in [2.05, 4.69) is 26.2 Å². The van der Waals surface area contributed by atoms with E-state index in [1.807, 2.05) is 30.3 Å². The lowest BCUT2D eigenvalue weighted by molar-refractivity contribution is 0.293. The predicted molar refractivity (Wildman–Crippen MR) is 87.6 cm³/mol. The van der Waals surface area contributed by atoms with Gasteiger partial charge in [-0.15, -0.1) is 0 Å². The van der Waals surface area contributed by atoms with Crippen LogP contribution in [0.25, 0.3) is 0 Å². The maximum atomic E-state index is 6.17. The molecule has 0 amide bonds. The fourth-order valence-corrected chi connectivity index (χ4v) is 2.62. The molecule has 1 aliphatic rings. The summed E-state index contributed by atoms with van der Waals surface area (Å²) in [5.41, 5.74) is 2.13. The Bertz CT molecular complexity index is 631. The van der Waals surface area contributed by atoms with Gasteiger partial charge in [-0.3, -0.25) is 0 Å². The van der Waals surface area contributed by atoms with E-state index in [-0.39, 0.29) is 0 Å². The van der Waals surface area contributed by atoms with Crippen LogP contribution in [0.4, 0.5) is 0 Å². The van der Waals surface area contributed by atoms with Gasteiger partial charge in [-0.05, 0) is 36.1 Å². The molecule has 21 heavy (non-hydrogen) atoms. The lowest BCUT2D eigenvalue weighted by Gasteiger charge is -2.09. The Balaban J connectivity index is 1.63. The zero-order valence-corrected chi connectivity index (χ0v) is 13.8. The summed E-state index contributed by atoms with van der Waals surface area (Å²) in [6.07, 6.45) is 4.17. The Morgan fingerprint density at radius 3 is 2.95 bits per heavy atom. The average molecular weight is 368 g/mol. The largest absolute Gasteiger partial charge is 0.473 e. The first-order valence-corrected chi connectivity index (χ1v) is 8.13. The normalized spacial score (nSPS) is 14.2. The number of aromatic nitrogens is 1. The summed E-state index contributed by atoms with van der Waals surface area (Å²) in [5, 5.41) is 4.13. The SMILES string of the molecule is Clc1cnc(OCc2cccc(Br)c2)cc1CNC1CC1. The van der Waals surface area contributed by atoms with E-state index in [9.17, 15) is 0 Å². The van der Waals surface area contributed by atoms with E-state index in [1.165, 1.54) is 12.8 Å². The molecule has 1 heterocycles. The van der Waals surface area contributed by atoms with Crippen molar-refractivity contribution in [2.75, 3.05) is 0 Å². The number of benzene rings is 1. The quantitative estimate of drug-likeness (QED) is 0.825. The van der Waals surface area contributed by atoms with Crippen LogP contribution < -0.4 is 10.1 Å². The zero-order valence-electron chi connectivity index (χ0n) is 11.5. The summed E-state index contributed by atoms with van der Waals surface area (Å²) in [5.74, 6) is 0.604. The van der Waals surface area contributed by atoms with Crippen molar-refractivity contribution < 1.29 is 4.74 Å². The smallest absolute Gasteiger partial charge is 0.213 e. The van der Waals surface area contributed by atoms with Gasteiger partial charge in [0.15, 0.2) is 0 Å². The van der Waals surface area contributed by atoms with Crippen LogP contribution in [-0.4, -0.2) is 11.0 Å². The van der Waals surface area contributed by atoms with E-state index >= 15 is 0 Å². The Hall–Kier alpha value is -1.10. The van der Waals surface area contributed by atoms with Crippen LogP contribution in [0.1, 0.15) is 24.0 Å². The third-order valence-corrected chi connectivity index (χ3v) is 4.18. The summed E-state index contributed by atoms with van der Waals surface area (Å²) in [4.78, 5) is 4.23. The second-order valence-electron chi connectivity index (χ2n) is 5.19. The molecule has 0 saturated heterocycles. The Kier molecular flexibility index (Phi) is 4.78. The number of hydrogen-bond acceptors (Lipinski definition) is 3. The summed E-state index contributed by atoms with van der Waals surface area (Å²) < 4.78 is 6.79. The van der Waals surface area contributed by atoms with Crippen molar-refractivity contribution >= 4 is 27.5 Å². The number of ether oxygens (including phenoxy) is 1. The van der Waals surface area contributed by atoms with Crippen molar-refractivity contribution in [1.82, 2.24) is 10.3 Å². The third kappa shape index (κ3) is 4.43. The number of hydrogen-bond donors (Lipinski definition) is 1. The lowest BCUT2D eigenvalue weighted by atomic mass is 10.2. The number of nitrogens with one attached hydrogen (secondary N) is 1. The molecule has 1 aromatic carbocycles. The highest BCUT2D eigenvalue weighted by molar-refractivity contribution is 9.10. The molecular weight excluding hydrogens is 352 g/mol. The van der Waals surface area contributed by atoms with Crippen LogP contribution in [0.5, 0.6) is 5.88 Å². The molecule has 2 aromatic rings. The minimum atomic E-state index is 0.490. The van der Waals surface area contributed by atoms with Crippen molar-refractivity contribution in [3.63, 3.8) is 0 Å². The molecule has 0 atom stereocenters. The number of rotatable bonds is 6. The zero-order chi connectivity index (χ0) is 14.7. The standard InChI is InChI=1S/C16H16BrClN2O/c17-13-3-1-2-11(6-13)10-21-16-7-12(15(18)9-20-16)8-19-14-4-5-14/h1-3,6-7,9,14,19H,4-5,8,10H2. The molecule has 1 fully saturated rings. The van der Waals surface area contributed by atoms with E-state index in [0.29, 0.717) is 23.6 Å². The van der Waals surface area contributed by atoms with Gasteiger partial charge >= 0.3 is 0 Å². The van der Waals surface area contributed by atoms with Crippen molar-refractivity contribution in [3.8, 4) is 5.88 Å². The van der Waals surface area contributed by atoms with Crippen molar-refractivity contribution in [3.05, 3.63) is 57.2 Å². The Labute approximate surface area is 137 Å². The average Bonchev–Trinajstić information content (AvgIpc) is 3.29. The van der Waals surface area contributed by atoms with Gasteiger partial charge in [-0.1, -0.05) is 39.7 Å². The van der Waals surface area contributed by atoms with Crippen LogP contribution in [0.2, 0.25) is 5.02 Å². The molecule has 1 aromatic heterocycles. The number of halogens is 2. The topological polar surface area (TPSA) is 34.1 Å². The molecule has 3 nitrogen and oxygen atoms in total. The molecular formula is C16H16BrClN2O. The van der Waals surface area contributed by atoms with Crippen LogP contribution in [0, 0.1) is 0 Å². The molecule has 0 aliphatic heterocycles. The molecule has 1 aliphatic carbocycles. The van der Waals surface area contributed by atoms with Gasteiger partial charge in [0.25, 0.3) is 0 Å². The molecule has 3 rings (SSSR count). The molecule has 0 spiro atoms. The lowest BCUT2D eigenvalue weighted by Crippen LogP contribution is -2.15. The highest BCUT2D eigenvalue weighted by Crippen LogP contribution is 2.23. The fraction of sp³-hybridized carbons (Fsp3) is 0.312. The molecule has 1 saturated carbocycles. The fourth-order valence-electron chi connectivity index (χ4n) is 2.00. The Morgan fingerprint density at radius 2 is 2.19 bits per heavy atom. The first-order valence-electron chi connectivity index (χ1n) is 6.96. The van der Waals surface area contributed by atoms with Crippen LogP contribution >= 0.6 is 27.5 Å². The van der Waals surface area contributed by atoms with Gasteiger partial charge in [0.05, 0.1) is 5.02 Å². The second-order valence-corrected chi connectivity index (χ2v) is 6.51. The van der Waals surface area contributed by atoms with Crippen molar-refractivity contribution in [1.29, 1.82) is 0 Å². The van der Waals surface area contributed by atoms with Crippen molar-refractivity contribution in [2.45, 2.75) is 32.0 Å². The number of pyridine rings is 1. The summed E-state index contributed by atoms with van der Waals surface area (Å²) in [7, 11) is 0.